The molecule has 1 aromatic heterocycles. The van der Waals surface area contributed by atoms with E-state index in [1.165, 1.54) is 11.1 Å². The Labute approximate surface area is 117 Å². The van der Waals surface area contributed by atoms with E-state index in [0.29, 0.717) is 0 Å². The van der Waals surface area contributed by atoms with E-state index in [4.69, 9.17) is 11.6 Å². The van der Waals surface area contributed by atoms with E-state index in [0.717, 1.165) is 33.0 Å². The third-order valence-corrected chi connectivity index (χ3v) is 3.77. The number of hydrogen-bond acceptors (Lipinski definition) is 1. The number of aromatic amines is 1. The van der Waals surface area contributed by atoms with Crippen molar-refractivity contribution in [3.8, 4) is 11.4 Å². The third-order valence-electron chi connectivity index (χ3n) is 3.37. The van der Waals surface area contributed by atoms with E-state index in [9.17, 15) is 0 Å². The number of aromatic nitrogens is 2. The van der Waals surface area contributed by atoms with Crippen molar-refractivity contribution in [2.45, 2.75) is 20.8 Å². The Morgan fingerprint density at radius 1 is 1.00 bits per heavy atom. The van der Waals surface area contributed by atoms with Crippen molar-refractivity contribution >= 4 is 22.6 Å². The first-order chi connectivity index (χ1) is 9.04. The van der Waals surface area contributed by atoms with Gasteiger partial charge in [-0.15, -0.1) is 0 Å². The van der Waals surface area contributed by atoms with Crippen molar-refractivity contribution in [3.05, 3.63) is 52.0 Å². The molecule has 0 aliphatic heterocycles. The average molecular weight is 271 g/mol. The number of fused-ring (bicyclic) bond motifs is 1. The lowest BCUT2D eigenvalue weighted by Crippen LogP contribution is -1.82. The summed E-state index contributed by atoms with van der Waals surface area (Å²) in [6.07, 6.45) is 0. The van der Waals surface area contributed by atoms with Crippen molar-refractivity contribution < 1.29 is 0 Å². The van der Waals surface area contributed by atoms with Gasteiger partial charge in [0, 0.05) is 10.6 Å². The first-order valence-electron chi connectivity index (χ1n) is 6.28. The maximum Gasteiger partial charge on any atom is 0.138 e. The molecule has 0 radical (unpaired) electrons. The fraction of sp³-hybridized carbons (Fsp3) is 0.188. The second-order valence-electron chi connectivity index (χ2n) is 5.03. The first-order valence-corrected chi connectivity index (χ1v) is 6.66. The second kappa shape index (κ2) is 4.39. The van der Waals surface area contributed by atoms with E-state index < -0.39 is 0 Å². The van der Waals surface area contributed by atoms with Crippen molar-refractivity contribution in [1.29, 1.82) is 0 Å². The van der Waals surface area contributed by atoms with Crippen LogP contribution in [0.4, 0.5) is 0 Å². The third kappa shape index (κ3) is 2.13. The number of H-pyrrole nitrogens is 1. The van der Waals surface area contributed by atoms with Gasteiger partial charge in [-0.2, -0.15) is 0 Å². The summed E-state index contributed by atoms with van der Waals surface area (Å²) < 4.78 is 0. The second-order valence-corrected chi connectivity index (χ2v) is 5.43. The molecule has 1 N–H and O–H groups in total. The van der Waals surface area contributed by atoms with E-state index >= 15 is 0 Å². The van der Waals surface area contributed by atoms with Crippen LogP contribution in [-0.4, -0.2) is 9.97 Å². The average Bonchev–Trinajstić information content (AvgIpc) is 2.76. The van der Waals surface area contributed by atoms with Crippen LogP contribution in [0.2, 0.25) is 5.02 Å². The Hall–Kier alpha value is -1.80. The SMILES string of the molecule is Cc1cc(C)c2nc(-c3ccc(C)c(Cl)c3)[nH]c2c1. The van der Waals surface area contributed by atoms with Gasteiger partial charge < -0.3 is 4.98 Å². The van der Waals surface area contributed by atoms with E-state index in [1.54, 1.807) is 0 Å². The fourth-order valence-corrected chi connectivity index (χ4v) is 2.53. The number of hydrogen-bond donors (Lipinski definition) is 1. The largest absolute Gasteiger partial charge is 0.338 e. The molecule has 2 aromatic carbocycles. The molecule has 96 valence electrons. The number of nitrogens with one attached hydrogen (secondary N) is 1. The highest BCUT2D eigenvalue weighted by Crippen LogP contribution is 2.26. The predicted octanol–water partition coefficient (Wildman–Crippen LogP) is 4.81. The van der Waals surface area contributed by atoms with Gasteiger partial charge in [-0.25, -0.2) is 4.98 Å². The molecule has 0 fully saturated rings. The molecule has 0 unspecified atom stereocenters. The summed E-state index contributed by atoms with van der Waals surface area (Å²) in [6, 6.07) is 10.3. The lowest BCUT2D eigenvalue weighted by Gasteiger charge is -2.00. The van der Waals surface area contributed by atoms with Crippen LogP contribution in [-0.2, 0) is 0 Å². The molecule has 0 saturated carbocycles. The Balaban J connectivity index is 2.20. The van der Waals surface area contributed by atoms with Crippen LogP contribution in [0, 0.1) is 20.8 Å². The van der Waals surface area contributed by atoms with E-state index in [1.807, 2.05) is 25.1 Å². The van der Waals surface area contributed by atoms with Crippen LogP contribution < -0.4 is 0 Å². The van der Waals surface area contributed by atoms with Crippen LogP contribution in [0.15, 0.2) is 30.3 Å². The van der Waals surface area contributed by atoms with Crippen LogP contribution in [0.25, 0.3) is 22.4 Å². The van der Waals surface area contributed by atoms with E-state index in [-0.39, 0.29) is 0 Å². The summed E-state index contributed by atoms with van der Waals surface area (Å²) in [5.41, 5.74) is 6.62. The Bertz CT molecular complexity index is 772. The summed E-state index contributed by atoms with van der Waals surface area (Å²) in [5.74, 6) is 0.866. The number of halogens is 1. The molecule has 2 nitrogen and oxygen atoms in total. The van der Waals surface area contributed by atoms with Crippen molar-refractivity contribution in [1.82, 2.24) is 9.97 Å². The number of aryl methyl sites for hydroxylation is 3. The molecular formula is C16H15ClN2. The molecule has 0 amide bonds. The highest BCUT2D eigenvalue weighted by molar-refractivity contribution is 6.31. The highest BCUT2D eigenvalue weighted by Gasteiger charge is 2.08. The molecule has 3 aromatic rings. The molecule has 19 heavy (non-hydrogen) atoms. The van der Waals surface area contributed by atoms with Gasteiger partial charge in [0.1, 0.15) is 5.82 Å². The molecule has 3 rings (SSSR count). The lowest BCUT2D eigenvalue weighted by atomic mass is 10.1. The quantitative estimate of drug-likeness (QED) is 0.675. The highest BCUT2D eigenvalue weighted by atomic mass is 35.5. The number of imidazole rings is 1. The van der Waals surface area contributed by atoms with Gasteiger partial charge in [0.05, 0.1) is 11.0 Å². The van der Waals surface area contributed by atoms with Crippen LogP contribution in [0.1, 0.15) is 16.7 Å². The number of rotatable bonds is 1. The predicted molar refractivity (Wildman–Crippen MR) is 80.8 cm³/mol. The topological polar surface area (TPSA) is 28.7 Å². The number of nitrogens with zero attached hydrogens (tertiary/aromatic N) is 1. The zero-order chi connectivity index (χ0) is 13.6. The number of benzene rings is 2. The van der Waals surface area contributed by atoms with Crippen LogP contribution in [0.3, 0.4) is 0 Å². The van der Waals surface area contributed by atoms with Crippen molar-refractivity contribution in [2.75, 3.05) is 0 Å². The van der Waals surface area contributed by atoms with Gasteiger partial charge in [0.15, 0.2) is 0 Å². The molecule has 0 spiro atoms. The Morgan fingerprint density at radius 2 is 1.79 bits per heavy atom. The molecule has 0 aliphatic carbocycles. The molecular weight excluding hydrogens is 256 g/mol. The fourth-order valence-electron chi connectivity index (χ4n) is 2.35. The van der Waals surface area contributed by atoms with Crippen molar-refractivity contribution in [2.24, 2.45) is 0 Å². The van der Waals surface area contributed by atoms with Crippen LogP contribution >= 0.6 is 11.6 Å². The lowest BCUT2D eigenvalue weighted by molar-refractivity contribution is 1.32. The van der Waals surface area contributed by atoms with Crippen molar-refractivity contribution in [3.63, 3.8) is 0 Å². The van der Waals surface area contributed by atoms with Gasteiger partial charge in [-0.3, -0.25) is 0 Å². The molecule has 0 saturated heterocycles. The Kier molecular flexibility index (Phi) is 2.83. The summed E-state index contributed by atoms with van der Waals surface area (Å²) in [7, 11) is 0. The zero-order valence-corrected chi connectivity index (χ0v) is 12.0. The molecule has 1 heterocycles. The molecule has 3 heteroatoms. The maximum atomic E-state index is 6.18. The minimum atomic E-state index is 0.769. The smallest absolute Gasteiger partial charge is 0.138 e. The van der Waals surface area contributed by atoms with Gasteiger partial charge in [-0.05, 0) is 49.6 Å². The summed E-state index contributed by atoms with van der Waals surface area (Å²) in [4.78, 5) is 8.05. The normalized spacial score (nSPS) is 11.2. The minimum Gasteiger partial charge on any atom is -0.338 e. The summed E-state index contributed by atoms with van der Waals surface area (Å²) in [5, 5.41) is 0.769. The first kappa shape index (κ1) is 12.2. The molecule has 0 bridgehead atoms. The zero-order valence-electron chi connectivity index (χ0n) is 11.2. The summed E-state index contributed by atoms with van der Waals surface area (Å²) >= 11 is 6.18. The maximum absolute atomic E-state index is 6.18. The molecule has 0 aliphatic rings. The van der Waals surface area contributed by atoms with Crippen LogP contribution in [0.5, 0.6) is 0 Å². The Morgan fingerprint density at radius 3 is 2.53 bits per heavy atom. The van der Waals surface area contributed by atoms with Gasteiger partial charge in [0.25, 0.3) is 0 Å². The monoisotopic (exact) mass is 270 g/mol. The van der Waals surface area contributed by atoms with E-state index in [2.05, 4.69) is 35.9 Å². The van der Waals surface area contributed by atoms with Gasteiger partial charge in [0.2, 0.25) is 0 Å². The minimum absolute atomic E-state index is 0.769. The summed E-state index contributed by atoms with van der Waals surface area (Å²) in [6.45, 7) is 6.18. The standard InChI is InChI=1S/C16H15ClN2/c1-9-6-11(3)15-14(7-9)18-16(19-15)12-5-4-10(2)13(17)8-12/h4-8H,1-3H3,(H,18,19). The molecule has 0 atom stereocenters. The van der Waals surface area contributed by atoms with Gasteiger partial charge >= 0.3 is 0 Å². The van der Waals surface area contributed by atoms with Gasteiger partial charge in [-0.1, -0.05) is 29.8 Å².